The summed E-state index contributed by atoms with van der Waals surface area (Å²) in [5, 5.41) is 21.5. The van der Waals surface area contributed by atoms with Crippen LogP contribution in [0.2, 0.25) is 0 Å². The summed E-state index contributed by atoms with van der Waals surface area (Å²) in [4.78, 5) is 0. The Morgan fingerprint density at radius 1 is 1.06 bits per heavy atom. The monoisotopic (exact) mass is 229 g/mol. The summed E-state index contributed by atoms with van der Waals surface area (Å²) in [6, 6.07) is 0.690. The smallest absolute Gasteiger partial charge is 0.171 e. The summed E-state index contributed by atoms with van der Waals surface area (Å²) in [6.45, 7) is 1.36. The molecule has 1 heterocycles. The fourth-order valence-electron chi connectivity index (χ4n) is 2.10. The molecule has 88 valence electrons. The zero-order valence-electron chi connectivity index (χ0n) is 8.63. The van der Waals surface area contributed by atoms with E-state index in [-0.39, 0.29) is 11.5 Å². The van der Waals surface area contributed by atoms with Gasteiger partial charge < -0.3 is 15.5 Å². The van der Waals surface area contributed by atoms with E-state index in [2.05, 4.69) is 5.32 Å². The van der Waals surface area contributed by atoms with E-state index in [0.29, 0.717) is 32.0 Å². The molecule has 0 unspecified atom stereocenters. The van der Waals surface area contributed by atoms with Gasteiger partial charge in [0, 0.05) is 11.6 Å². The lowest BCUT2D eigenvalue weighted by Crippen LogP contribution is -2.27. The summed E-state index contributed by atoms with van der Waals surface area (Å²) < 4.78 is 27.2. The van der Waals surface area contributed by atoms with Crippen LogP contribution in [0.5, 0.6) is 11.5 Å². The number of piperidine rings is 1. The van der Waals surface area contributed by atoms with Crippen LogP contribution in [-0.2, 0) is 0 Å². The number of hydrogen-bond donors (Lipinski definition) is 3. The summed E-state index contributed by atoms with van der Waals surface area (Å²) in [6.07, 6.45) is 1.19. The van der Waals surface area contributed by atoms with Gasteiger partial charge in [-0.2, -0.15) is 0 Å². The molecular weight excluding hydrogens is 216 g/mol. The normalized spacial score (nSPS) is 17.6. The first-order chi connectivity index (χ1) is 7.61. The molecule has 3 N–H and O–H groups in total. The average molecular weight is 229 g/mol. The van der Waals surface area contributed by atoms with Crippen LogP contribution >= 0.6 is 0 Å². The lowest BCUT2D eigenvalue weighted by molar-refractivity contribution is 0.368. The summed E-state index contributed by atoms with van der Waals surface area (Å²) in [5.41, 5.74) is -0.195. The standard InChI is InChI=1S/C11H13F2NO2/c12-10-7(15)5-8(16)11(13)9(10)6-1-3-14-4-2-6/h5-6,14-16H,1-4H2. The third kappa shape index (κ3) is 1.82. The lowest BCUT2D eigenvalue weighted by Gasteiger charge is -2.24. The SMILES string of the molecule is Oc1cc(O)c(F)c(C2CCNCC2)c1F. The molecular formula is C11H13F2NO2. The number of benzene rings is 1. The molecule has 0 amide bonds. The number of hydrogen-bond acceptors (Lipinski definition) is 3. The fourth-order valence-corrected chi connectivity index (χ4v) is 2.10. The maximum Gasteiger partial charge on any atom is 0.171 e. The predicted molar refractivity (Wildman–Crippen MR) is 54.5 cm³/mol. The van der Waals surface area contributed by atoms with E-state index in [1.165, 1.54) is 0 Å². The zero-order chi connectivity index (χ0) is 11.7. The van der Waals surface area contributed by atoms with Gasteiger partial charge in [-0.05, 0) is 31.8 Å². The molecule has 0 saturated carbocycles. The van der Waals surface area contributed by atoms with E-state index in [1.807, 2.05) is 0 Å². The molecule has 0 radical (unpaired) electrons. The molecule has 2 rings (SSSR count). The van der Waals surface area contributed by atoms with Crippen LogP contribution in [0.1, 0.15) is 24.3 Å². The van der Waals surface area contributed by atoms with Gasteiger partial charge in [-0.25, -0.2) is 8.78 Å². The molecule has 1 saturated heterocycles. The molecule has 0 bridgehead atoms. The number of phenolic OH excluding ortho intramolecular Hbond substituents is 2. The third-order valence-electron chi connectivity index (χ3n) is 2.94. The van der Waals surface area contributed by atoms with Gasteiger partial charge in [-0.1, -0.05) is 0 Å². The highest BCUT2D eigenvalue weighted by Gasteiger charge is 2.26. The van der Waals surface area contributed by atoms with E-state index < -0.39 is 23.1 Å². The highest BCUT2D eigenvalue weighted by atomic mass is 19.1. The van der Waals surface area contributed by atoms with Crippen molar-refractivity contribution in [3.63, 3.8) is 0 Å². The van der Waals surface area contributed by atoms with E-state index in [1.54, 1.807) is 0 Å². The van der Waals surface area contributed by atoms with Gasteiger partial charge in [-0.15, -0.1) is 0 Å². The van der Waals surface area contributed by atoms with Gasteiger partial charge in [0.25, 0.3) is 0 Å². The molecule has 1 fully saturated rings. The molecule has 0 aliphatic carbocycles. The summed E-state index contributed by atoms with van der Waals surface area (Å²) >= 11 is 0. The van der Waals surface area contributed by atoms with E-state index in [9.17, 15) is 19.0 Å². The first-order valence-electron chi connectivity index (χ1n) is 5.21. The van der Waals surface area contributed by atoms with Crippen molar-refractivity contribution in [2.45, 2.75) is 18.8 Å². The van der Waals surface area contributed by atoms with Crippen molar-refractivity contribution in [2.24, 2.45) is 0 Å². The van der Waals surface area contributed by atoms with Crippen molar-refractivity contribution in [3.05, 3.63) is 23.3 Å². The molecule has 1 aliphatic rings. The molecule has 1 aromatic carbocycles. The van der Waals surface area contributed by atoms with Crippen molar-refractivity contribution in [1.29, 1.82) is 0 Å². The van der Waals surface area contributed by atoms with Gasteiger partial charge in [0.2, 0.25) is 0 Å². The largest absolute Gasteiger partial charge is 0.505 e. The minimum atomic E-state index is -0.956. The van der Waals surface area contributed by atoms with Gasteiger partial charge in [0.1, 0.15) is 0 Å². The second-order valence-electron chi connectivity index (χ2n) is 3.98. The lowest BCUT2D eigenvalue weighted by atomic mass is 9.89. The Kier molecular flexibility index (Phi) is 2.96. The van der Waals surface area contributed by atoms with E-state index in [4.69, 9.17) is 0 Å². The molecule has 5 heteroatoms. The Balaban J connectivity index is 2.45. The molecule has 1 aliphatic heterocycles. The number of nitrogens with one attached hydrogen (secondary N) is 1. The Morgan fingerprint density at radius 3 is 2.06 bits per heavy atom. The minimum Gasteiger partial charge on any atom is -0.505 e. The average Bonchev–Trinajstić information content (AvgIpc) is 2.28. The molecule has 0 atom stereocenters. The minimum absolute atomic E-state index is 0.195. The first kappa shape index (κ1) is 11.1. The highest BCUT2D eigenvalue weighted by Crippen LogP contribution is 2.37. The second-order valence-corrected chi connectivity index (χ2v) is 3.98. The van der Waals surface area contributed by atoms with Gasteiger partial charge in [-0.3, -0.25) is 0 Å². The Hall–Kier alpha value is -1.36. The highest BCUT2D eigenvalue weighted by molar-refractivity contribution is 5.42. The fraction of sp³-hybridized carbons (Fsp3) is 0.455. The van der Waals surface area contributed by atoms with Crippen LogP contribution in [0.3, 0.4) is 0 Å². The Morgan fingerprint density at radius 2 is 1.56 bits per heavy atom. The third-order valence-corrected chi connectivity index (χ3v) is 2.94. The van der Waals surface area contributed by atoms with Crippen molar-refractivity contribution < 1.29 is 19.0 Å². The number of aromatic hydroxyl groups is 2. The van der Waals surface area contributed by atoms with Gasteiger partial charge >= 0.3 is 0 Å². The Labute approximate surface area is 91.7 Å². The van der Waals surface area contributed by atoms with Crippen LogP contribution in [-0.4, -0.2) is 23.3 Å². The topological polar surface area (TPSA) is 52.5 Å². The number of rotatable bonds is 1. The van der Waals surface area contributed by atoms with Gasteiger partial charge in [0.15, 0.2) is 23.1 Å². The maximum atomic E-state index is 13.6. The Bertz CT molecular complexity index is 377. The molecule has 16 heavy (non-hydrogen) atoms. The van der Waals surface area contributed by atoms with Gasteiger partial charge in [0.05, 0.1) is 0 Å². The van der Waals surface area contributed by atoms with Crippen LogP contribution in [0.25, 0.3) is 0 Å². The number of halogens is 2. The molecule has 1 aromatic rings. The van der Waals surface area contributed by atoms with Crippen LogP contribution in [0.15, 0.2) is 6.07 Å². The first-order valence-corrected chi connectivity index (χ1v) is 5.21. The second kappa shape index (κ2) is 4.25. The van der Waals surface area contributed by atoms with E-state index >= 15 is 0 Å². The quantitative estimate of drug-likeness (QED) is 0.688. The van der Waals surface area contributed by atoms with Crippen LogP contribution < -0.4 is 5.32 Å². The van der Waals surface area contributed by atoms with Crippen LogP contribution in [0.4, 0.5) is 8.78 Å². The summed E-state index contributed by atoms with van der Waals surface area (Å²) in [7, 11) is 0. The van der Waals surface area contributed by atoms with Crippen molar-refractivity contribution in [3.8, 4) is 11.5 Å². The van der Waals surface area contributed by atoms with Crippen LogP contribution in [0, 0.1) is 11.6 Å². The predicted octanol–water partition coefficient (Wildman–Crippen LogP) is 1.84. The molecule has 3 nitrogen and oxygen atoms in total. The molecule has 0 aromatic heterocycles. The van der Waals surface area contributed by atoms with Crippen molar-refractivity contribution >= 4 is 0 Å². The van der Waals surface area contributed by atoms with Crippen molar-refractivity contribution in [1.82, 2.24) is 5.32 Å². The van der Waals surface area contributed by atoms with E-state index in [0.717, 1.165) is 0 Å². The maximum absolute atomic E-state index is 13.6. The molecule has 0 spiro atoms. The summed E-state index contributed by atoms with van der Waals surface area (Å²) in [5.74, 6) is -3.61. The van der Waals surface area contributed by atoms with Crippen molar-refractivity contribution in [2.75, 3.05) is 13.1 Å². The zero-order valence-corrected chi connectivity index (χ0v) is 8.63. The number of phenols is 2.